The van der Waals surface area contributed by atoms with E-state index in [1.165, 1.54) is 10.6 Å². The largest absolute Gasteiger partial charge is 0.326 e. The molecule has 0 atom stereocenters. The Labute approximate surface area is 139 Å². The molecular formula is C16H16N4O3S. The van der Waals surface area contributed by atoms with Crippen LogP contribution < -0.4 is 5.32 Å². The average molecular weight is 344 g/mol. The summed E-state index contributed by atoms with van der Waals surface area (Å²) in [5, 5.41) is 2.77. The monoisotopic (exact) mass is 344 g/mol. The van der Waals surface area contributed by atoms with Crippen LogP contribution in [0.5, 0.6) is 0 Å². The van der Waals surface area contributed by atoms with Crippen molar-refractivity contribution in [2.24, 2.45) is 0 Å². The van der Waals surface area contributed by atoms with Crippen LogP contribution in [-0.2, 0) is 34.2 Å². The number of fused-ring (bicyclic) bond motifs is 2. The van der Waals surface area contributed by atoms with Gasteiger partial charge < -0.3 is 5.32 Å². The van der Waals surface area contributed by atoms with E-state index in [0.29, 0.717) is 31.5 Å². The van der Waals surface area contributed by atoms with Crippen molar-refractivity contribution in [1.29, 1.82) is 0 Å². The first kappa shape index (κ1) is 15.2. The molecule has 0 aliphatic carbocycles. The molecule has 0 fully saturated rings. The predicted octanol–water partition coefficient (Wildman–Crippen LogP) is 1.11. The zero-order valence-electron chi connectivity index (χ0n) is 12.9. The van der Waals surface area contributed by atoms with Crippen LogP contribution in [0.15, 0.2) is 35.6 Å². The van der Waals surface area contributed by atoms with Crippen LogP contribution in [0, 0.1) is 0 Å². The lowest BCUT2D eigenvalue weighted by Gasteiger charge is -2.27. The summed E-state index contributed by atoms with van der Waals surface area (Å²) in [7, 11) is -3.59. The van der Waals surface area contributed by atoms with Gasteiger partial charge in [-0.25, -0.2) is 18.4 Å². The molecule has 8 heteroatoms. The molecule has 0 saturated heterocycles. The first-order valence-corrected chi connectivity index (χ1v) is 9.19. The van der Waals surface area contributed by atoms with E-state index in [2.05, 4.69) is 15.3 Å². The summed E-state index contributed by atoms with van der Waals surface area (Å²) in [5.74, 6) is -0.0363. The van der Waals surface area contributed by atoms with Crippen molar-refractivity contribution >= 4 is 21.6 Å². The van der Waals surface area contributed by atoms with E-state index in [-0.39, 0.29) is 17.3 Å². The fourth-order valence-electron chi connectivity index (χ4n) is 3.12. The second-order valence-corrected chi connectivity index (χ2v) is 7.89. The van der Waals surface area contributed by atoms with Gasteiger partial charge in [-0.15, -0.1) is 0 Å². The summed E-state index contributed by atoms with van der Waals surface area (Å²) in [6.07, 6.45) is 4.68. The molecule has 2 aliphatic rings. The molecule has 1 N–H and O–H groups in total. The van der Waals surface area contributed by atoms with Gasteiger partial charge in [-0.05, 0) is 30.2 Å². The fourth-order valence-corrected chi connectivity index (χ4v) is 4.59. The number of hydrogen-bond acceptors (Lipinski definition) is 5. The molecule has 1 aromatic heterocycles. The number of carbonyl (C=O) groups excluding carboxylic acids is 1. The number of hydrogen-bond donors (Lipinski definition) is 1. The number of nitrogens with zero attached hydrogens (tertiary/aromatic N) is 3. The second-order valence-electron chi connectivity index (χ2n) is 5.95. The lowest BCUT2D eigenvalue weighted by atomic mass is 10.0. The molecule has 0 unspecified atom stereocenters. The first-order valence-electron chi connectivity index (χ1n) is 7.75. The second kappa shape index (κ2) is 5.64. The number of aryl methyl sites for hydroxylation is 1. The Bertz CT molecular complexity index is 927. The molecule has 0 bridgehead atoms. The molecule has 4 rings (SSSR count). The van der Waals surface area contributed by atoms with Gasteiger partial charge in [0.2, 0.25) is 15.9 Å². The Balaban J connectivity index is 1.65. The van der Waals surface area contributed by atoms with E-state index in [4.69, 9.17) is 0 Å². The van der Waals surface area contributed by atoms with Crippen LogP contribution in [-0.4, -0.2) is 35.1 Å². The highest BCUT2D eigenvalue weighted by atomic mass is 32.2. The molecule has 0 spiro atoms. The van der Waals surface area contributed by atoms with Crippen molar-refractivity contribution in [2.45, 2.75) is 30.7 Å². The number of amides is 1. The minimum absolute atomic E-state index is 0.0363. The number of aromatic nitrogens is 2. The Morgan fingerprint density at radius 2 is 2.00 bits per heavy atom. The van der Waals surface area contributed by atoms with Gasteiger partial charge in [-0.1, -0.05) is 0 Å². The normalized spacial score (nSPS) is 17.8. The molecule has 24 heavy (non-hydrogen) atoms. The predicted molar refractivity (Wildman–Crippen MR) is 86.7 cm³/mol. The average Bonchev–Trinajstić information content (AvgIpc) is 2.60. The summed E-state index contributed by atoms with van der Waals surface area (Å²) < 4.78 is 27.3. The third kappa shape index (κ3) is 2.57. The van der Waals surface area contributed by atoms with E-state index in [9.17, 15) is 13.2 Å². The Morgan fingerprint density at radius 3 is 2.88 bits per heavy atom. The zero-order valence-corrected chi connectivity index (χ0v) is 13.7. The maximum atomic E-state index is 12.9. The van der Waals surface area contributed by atoms with E-state index in [1.54, 1.807) is 24.4 Å². The van der Waals surface area contributed by atoms with Crippen LogP contribution >= 0.6 is 0 Å². The van der Waals surface area contributed by atoms with E-state index < -0.39 is 10.0 Å². The minimum Gasteiger partial charge on any atom is -0.326 e. The van der Waals surface area contributed by atoms with E-state index in [0.717, 1.165) is 16.8 Å². The van der Waals surface area contributed by atoms with Crippen LogP contribution in [0.1, 0.15) is 23.2 Å². The van der Waals surface area contributed by atoms with Crippen molar-refractivity contribution in [3.8, 4) is 0 Å². The van der Waals surface area contributed by atoms with Crippen molar-refractivity contribution in [3.05, 3.63) is 47.5 Å². The van der Waals surface area contributed by atoms with Crippen LogP contribution in [0.25, 0.3) is 0 Å². The number of benzene rings is 1. The number of carbonyl (C=O) groups is 1. The molecule has 2 aromatic rings. The Morgan fingerprint density at radius 1 is 1.12 bits per heavy atom. The maximum Gasteiger partial charge on any atom is 0.243 e. The van der Waals surface area contributed by atoms with Gasteiger partial charge in [0, 0.05) is 49.1 Å². The highest BCUT2D eigenvalue weighted by Gasteiger charge is 2.30. The van der Waals surface area contributed by atoms with Gasteiger partial charge in [-0.3, -0.25) is 4.79 Å². The highest BCUT2D eigenvalue weighted by molar-refractivity contribution is 7.89. The molecule has 124 valence electrons. The molecule has 0 saturated carbocycles. The van der Waals surface area contributed by atoms with Crippen molar-refractivity contribution in [1.82, 2.24) is 14.3 Å². The quantitative estimate of drug-likeness (QED) is 0.881. The topological polar surface area (TPSA) is 92.3 Å². The van der Waals surface area contributed by atoms with Crippen molar-refractivity contribution in [3.63, 3.8) is 0 Å². The standard InChI is InChI=1S/C16H16N4O3S/c21-16-4-1-11-7-13(2-3-15(11)19-16)24(22,23)20-6-5-14-12(9-20)8-17-10-18-14/h2-3,7-8,10H,1,4-6,9H2,(H,19,21). The number of nitrogens with one attached hydrogen (secondary N) is 1. The molecule has 0 radical (unpaired) electrons. The SMILES string of the molecule is O=C1CCc2cc(S(=O)(=O)N3CCc4ncncc4C3)ccc2N1. The molecule has 1 amide bonds. The summed E-state index contributed by atoms with van der Waals surface area (Å²) in [5.41, 5.74) is 3.31. The molecular weight excluding hydrogens is 328 g/mol. The number of anilines is 1. The third-order valence-corrected chi connectivity index (χ3v) is 6.28. The van der Waals surface area contributed by atoms with Crippen molar-refractivity contribution in [2.75, 3.05) is 11.9 Å². The van der Waals surface area contributed by atoms with Crippen molar-refractivity contribution < 1.29 is 13.2 Å². The highest BCUT2D eigenvalue weighted by Crippen LogP contribution is 2.29. The first-order chi connectivity index (χ1) is 11.5. The van der Waals surface area contributed by atoms with Gasteiger partial charge in [0.1, 0.15) is 6.33 Å². The Kier molecular flexibility index (Phi) is 3.58. The van der Waals surface area contributed by atoms with Crippen LogP contribution in [0.4, 0.5) is 5.69 Å². The van der Waals surface area contributed by atoms with E-state index in [1.807, 2.05) is 0 Å². The van der Waals surface area contributed by atoms with Gasteiger partial charge in [0.05, 0.1) is 4.90 Å². The van der Waals surface area contributed by atoms with Crippen LogP contribution in [0.3, 0.4) is 0 Å². The van der Waals surface area contributed by atoms with E-state index >= 15 is 0 Å². The fraction of sp³-hybridized carbons (Fsp3) is 0.312. The molecule has 3 heterocycles. The molecule has 2 aliphatic heterocycles. The summed E-state index contributed by atoms with van der Waals surface area (Å²) in [6.45, 7) is 0.687. The summed E-state index contributed by atoms with van der Waals surface area (Å²) in [6, 6.07) is 4.89. The number of rotatable bonds is 2. The molecule has 7 nitrogen and oxygen atoms in total. The number of sulfonamides is 1. The Hall–Kier alpha value is -2.32. The lowest BCUT2D eigenvalue weighted by molar-refractivity contribution is -0.116. The zero-order chi connectivity index (χ0) is 16.7. The third-order valence-electron chi connectivity index (χ3n) is 4.44. The van der Waals surface area contributed by atoms with Gasteiger partial charge in [0.25, 0.3) is 0 Å². The van der Waals surface area contributed by atoms with Gasteiger partial charge in [-0.2, -0.15) is 4.31 Å². The van der Waals surface area contributed by atoms with Crippen LogP contribution in [0.2, 0.25) is 0 Å². The summed E-state index contributed by atoms with van der Waals surface area (Å²) >= 11 is 0. The lowest BCUT2D eigenvalue weighted by Crippen LogP contribution is -2.36. The van der Waals surface area contributed by atoms with Gasteiger partial charge >= 0.3 is 0 Å². The maximum absolute atomic E-state index is 12.9. The molecule has 1 aromatic carbocycles. The van der Waals surface area contributed by atoms with Gasteiger partial charge in [0.15, 0.2) is 0 Å². The minimum atomic E-state index is -3.59. The smallest absolute Gasteiger partial charge is 0.243 e. The summed E-state index contributed by atoms with van der Waals surface area (Å²) in [4.78, 5) is 19.9.